The summed E-state index contributed by atoms with van der Waals surface area (Å²) in [5.74, 6) is 0.590. The molecule has 1 N–H and O–H groups in total. The lowest BCUT2D eigenvalue weighted by atomic mass is 10.1. The van der Waals surface area contributed by atoms with E-state index in [0.717, 1.165) is 16.9 Å². The molecule has 0 fully saturated rings. The SMILES string of the molecule is Cc1ccc(CN(C(=O)CCCOc2ccccc2)C(C)C(=O)NC(C)(C)C)cc1. The highest BCUT2D eigenvalue weighted by Crippen LogP contribution is 2.15. The van der Waals surface area contributed by atoms with Gasteiger partial charge in [-0.3, -0.25) is 9.59 Å². The molecule has 162 valence electrons. The maximum absolute atomic E-state index is 13.0. The number of ether oxygens (including phenoxy) is 1. The van der Waals surface area contributed by atoms with Crippen LogP contribution in [-0.4, -0.2) is 34.9 Å². The molecule has 0 saturated heterocycles. The summed E-state index contributed by atoms with van der Waals surface area (Å²) in [4.78, 5) is 27.4. The van der Waals surface area contributed by atoms with Crippen molar-refractivity contribution in [2.24, 2.45) is 0 Å². The number of hydrogen-bond acceptors (Lipinski definition) is 3. The predicted molar refractivity (Wildman–Crippen MR) is 120 cm³/mol. The van der Waals surface area contributed by atoms with E-state index < -0.39 is 6.04 Å². The van der Waals surface area contributed by atoms with Crippen LogP contribution in [0.25, 0.3) is 0 Å². The monoisotopic (exact) mass is 410 g/mol. The van der Waals surface area contributed by atoms with Crippen molar-refractivity contribution in [2.75, 3.05) is 6.61 Å². The van der Waals surface area contributed by atoms with Crippen LogP contribution in [0, 0.1) is 6.92 Å². The molecular weight excluding hydrogens is 376 g/mol. The topological polar surface area (TPSA) is 58.6 Å². The Kier molecular flexibility index (Phi) is 8.46. The number of hydrogen-bond donors (Lipinski definition) is 1. The molecule has 0 aliphatic heterocycles. The molecule has 2 aromatic rings. The fourth-order valence-electron chi connectivity index (χ4n) is 3.02. The molecule has 0 bridgehead atoms. The van der Waals surface area contributed by atoms with Gasteiger partial charge in [0.1, 0.15) is 11.8 Å². The van der Waals surface area contributed by atoms with Gasteiger partial charge in [-0.25, -0.2) is 0 Å². The van der Waals surface area contributed by atoms with E-state index in [-0.39, 0.29) is 17.4 Å². The van der Waals surface area contributed by atoms with Gasteiger partial charge in [-0.1, -0.05) is 48.0 Å². The summed E-state index contributed by atoms with van der Waals surface area (Å²) in [6.45, 7) is 10.5. The number of nitrogens with zero attached hydrogens (tertiary/aromatic N) is 1. The van der Waals surface area contributed by atoms with Crippen LogP contribution in [0.15, 0.2) is 54.6 Å². The van der Waals surface area contributed by atoms with Gasteiger partial charge in [0.15, 0.2) is 0 Å². The molecule has 5 nitrogen and oxygen atoms in total. The first kappa shape index (κ1) is 23.5. The minimum absolute atomic E-state index is 0.0520. The van der Waals surface area contributed by atoms with Gasteiger partial charge in [0.2, 0.25) is 11.8 Å². The number of carbonyl (C=O) groups is 2. The Morgan fingerprint density at radius 1 is 1.03 bits per heavy atom. The number of aryl methyl sites for hydroxylation is 1. The van der Waals surface area contributed by atoms with E-state index in [0.29, 0.717) is 26.0 Å². The standard InChI is InChI=1S/C25H34N2O3/c1-19-13-15-21(16-14-19)18-27(20(2)24(29)26-25(3,4)5)23(28)12-9-17-30-22-10-7-6-8-11-22/h6-8,10-11,13-16,20H,9,12,17-18H2,1-5H3,(H,26,29). The minimum atomic E-state index is -0.562. The van der Waals surface area contributed by atoms with Crippen molar-refractivity contribution in [1.29, 1.82) is 0 Å². The summed E-state index contributed by atoms with van der Waals surface area (Å²) < 4.78 is 5.69. The second kappa shape index (κ2) is 10.8. The lowest BCUT2D eigenvalue weighted by Crippen LogP contribution is -2.52. The molecule has 2 amide bonds. The van der Waals surface area contributed by atoms with Crippen molar-refractivity contribution in [3.63, 3.8) is 0 Å². The summed E-state index contributed by atoms with van der Waals surface area (Å²) in [7, 11) is 0. The lowest BCUT2D eigenvalue weighted by Gasteiger charge is -2.31. The van der Waals surface area contributed by atoms with Gasteiger partial charge >= 0.3 is 0 Å². The van der Waals surface area contributed by atoms with Crippen LogP contribution in [0.5, 0.6) is 5.75 Å². The van der Waals surface area contributed by atoms with Crippen LogP contribution < -0.4 is 10.1 Å². The third kappa shape index (κ3) is 7.90. The molecule has 1 atom stereocenters. The van der Waals surface area contributed by atoms with Gasteiger partial charge in [-0.15, -0.1) is 0 Å². The first-order valence-corrected chi connectivity index (χ1v) is 10.5. The number of rotatable bonds is 9. The molecule has 5 heteroatoms. The average Bonchev–Trinajstić information content (AvgIpc) is 2.69. The van der Waals surface area contributed by atoms with Gasteiger partial charge in [0, 0.05) is 18.5 Å². The molecule has 0 aliphatic rings. The zero-order valence-corrected chi connectivity index (χ0v) is 18.8. The van der Waals surface area contributed by atoms with Gasteiger partial charge in [-0.2, -0.15) is 0 Å². The molecule has 0 aromatic heterocycles. The third-order valence-electron chi connectivity index (χ3n) is 4.69. The second-order valence-electron chi connectivity index (χ2n) is 8.69. The normalized spacial score (nSPS) is 12.2. The molecule has 0 aliphatic carbocycles. The fourth-order valence-corrected chi connectivity index (χ4v) is 3.02. The molecule has 1 unspecified atom stereocenters. The van der Waals surface area contributed by atoms with Gasteiger partial charge in [0.05, 0.1) is 6.61 Å². The molecule has 0 spiro atoms. The largest absolute Gasteiger partial charge is 0.494 e. The maximum Gasteiger partial charge on any atom is 0.242 e. The van der Waals surface area contributed by atoms with E-state index in [4.69, 9.17) is 4.74 Å². The van der Waals surface area contributed by atoms with Crippen LogP contribution in [0.4, 0.5) is 0 Å². The highest BCUT2D eigenvalue weighted by Gasteiger charge is 2.28. The van der Waals surface area contributed by atoms with Crippen LogP contribution in [0.1, 0.15) is 51.7 Å². The van der Waals surface area contributed by atoms with Crippen molar-refractivity contribution in [3.8, 4) is 5.75 Å². The summed E-state index contributed by atoms with van der Waals surface area (Å²) in [6.07, 6.45) is 0.914. The number of carbonyl (C=O) groups excluding carboxylic acids is 2. The number of para-hydroxylation sites is 1. The molecule has 2 aromatic carbocycles. The molecule has 0 radical (unpaired) electrons. The van der Waals surface area contributed by atoms with Crippen LogP contribution in [0.3, 0.4) is 0 Å². The number of benzene rings is 2. The lowest BCUT2D eigenvalue weighted by molar-refractivity contribution is -0.141. The van der Waals surface area contributed by atoms with E-state index in [1.807, 2.05) is 82.3 Å². The number of nitrogens with one attached hydrogen (secondary N) is 1. The molecule has 0 saturated carbocycles. The molecule has 0 heterocycles. The highest BCUT2D eigenvalue weighted by atomic mass is 16.5. The molecule has 30 heavy (non-hydrogen) atoms. The van der Waals surface area contributed by atoms with E-state index in [1.54, 1.807) is 11.8 Å². The Morgan fingerprint density at radius 2 is 1.67 bits per heavy atom. The van der Waals surface area contributed by atoms with Crippen molar-refractivity contribution in [1.82, 2.24) is 10.2 Å². The quantitative estimate of drug-likeness (QED) is 0.620. The second-order valence-corrected chi connectivity index (χ2v) is 8.69. The van der Waals surface area contributed by atoms with Crippen molar-refractivity contribution in [2.45, 2.75) is 65.6 Å². The molecular formula is C25H34N2O3. The van der Waals surface area contributed by atoms with Crippen LogP contribution in [0.2, 0.25) is 0 Å². The fraction of sp³-hybridized carbons (Fsp3) is 0.440. The Bertz CT molecular complexity index is 811. The predicted octanol–water partition coefficient (Wildman–Crippen LogP) is 4.49. The highest BCUT2D eigenvalue weighted by molar-refractivity contribution is 5.87. The zero-order chi connectivity index (χ0) is 22.1. The summed E-state index contributed by atoms with van der Waals surface area (Å²) in [6, 6.07) is 17.0. The Hall–Kier alpha value is -2.82. The Labute approximate surface area is 180 Å². The van der Waals surface area contributed by atoms with E-state index >= 15 is 0 Å². The Balaban J connectivity index is 2.02. The van der Waals surface area contributed by atoms with Gasteiger partial charge in [0.25, 0.3) is 0 Å². The minimum Gasteiger partial charge on any atom is -0.494 e. The molecule has 2 rings (SSSR count). The van der Waals surface area contributed by atoms with Gasteiger partial charge in [-0.05, 0) is 58.7 Å². The van der Waals surface area contributed by atoms with E-state index in [1.165, 1.54) is 0 Å². The Morgan fingerprint density at radius 3 is 2.27 bits per heavy atom. The summed E-state index contributed by atoms with van der Waals surface area (Å²) >= 11 is 0. The third-order valence-corrected chi connectivity index (χ3v) is 4.69. The summed E-state index contributed by atoms with van der Waals surface area (Å²) in [5.41, 5.74) is 1.81. The van der Waals surface area contributed by atoms with E-state index in [9.17, 15) is 9.59 Å². The smallest absolute Gasteiger partial charge is 0.242 e. The number of amides is 2. The average molecular weight is 411 g/mol. The first-order valence-electron chi connectivity index (χ1n) is 10.5. The van der Waals surface area contributed by atoms with Gasteiger partial charge < -0.3 is 15.0 Å². The van der Waals surface area contributed by atoms with Crippen LogP contribution >= 0.6 is 0 Å². The van der Waals surface area contributed by atoms with Crippen LogP contribution in [-0.2, 0) is 16.1 Å². The zero-order valence-electron chi connectivity index (χ0n) is 18.8. The van der Waals surface area contributed by atoms with Crippen molar-refractivity contribution in [3.05, 3.63) is 65.7 Å². The van der Waals surface area contributed by atoms with E-state index in [2.05, 4.69) is 5.32 Å². The van der Waals surface area contributed by atoms with Crippen molar-refractivity contribution < 1.29 is 14.3 Å². The summed E-state index contributed by atoms with van der Waals surface area (Å²) in [5, 5.41) is 2.98. The first-order chi connectivity index (χ1) is 14.2. The van der Waals surface area contributed by atoms with Crippen molar-refractivity contribution >= 4 is 11.8 Å². The maximum atomic E-state index is 13.0.